The monoisotopic (exact) mass is 223 g/mol. The van der Waals surface area contributed by atoms with Crippen LogP contribution < -0.4 is 6.15 Å². The summed E-state index contributed by atoms with van der Waals surface area (Å²) >= 11 is -5.12. The second kappa shape index (κ2) is 4.97. The van der Waals surface area contributed by atoms with Crippen LogP contribution in [0.25, 0.3) is 0 Å². The zero-order valence-corrected chi connectivity index (χ0v) is 8.46. The Labute approximate surface area is 56.4 Å². The van der Waals surface area contributed by atoms with Gasteiger partial charge in [-0.3, -0.25) is 0 Å². The van der Waals surface area contributed by atoms with Gasteiger partial charge < -0.3 is 6.15 Å². The molecule has 0 rings (SSSR count). The normalized spacial score (nSPS) is 8.43. The predicted molar refractivity (Wildman–Crippen MR) is 18.1 cm³/mol. The van der Waals surface area contributed by atoms with E-state index in [0.29, 0.717) is 0 Å². The van der Waals surface area contributed by atoms with Crippen LogP contribution in [0.4, 0.5) is 0 Å². The molecule has 0 unspecified atom stereocenters. The van der Waals surface area contributed by atoms with Gasteiger partial charge in [-0.2, -0.15) is 0 Å². The Morgan fingerprint density at radius 3 is 1.14 bits per heavy atom. The van der Waals surface area contributed by atoms with Gasteiger partial charge in [0.25, 0.3) is 0 Å². The Balaban J connectivity index is -0.0000000800. The van der Waals surface area contributed by atoms with E-state index in [2.05, 4.69) is 0 Å². The molecule has 0 aromatic heterocycles. The Morgan fingerprint density at radius 2 is 1.14 bits per heavy atom. The topological polar surface area (TPSA) is 113 Å². The molecule has 0 aliphatic carbocycles. The summed E-state index contributed by atoms with van der Waals surface area (Å²) in [4.78, 5) is 0. The molecule has 6 N–H and O–H groups in total. The summed E-state index contributed by atoms with van der Waals surface area (Å²) in [7, 11) is 0. The first-order chi connectivity index (χ1) is 2.00. The van der Waals surface area contributed by atoms with Crippen LogP contribution in [0.5, 0.6) is 0 Å². The van der Waals surface area contributed by atoms with Crippen molar-refractivity contribution in [1.29, 1.82) is 0 Å². The predicted octanol–water partition coefficient (Wildman–Crippen LogP) is -2.01. The maximum atomic E-state index is 8.94. The minimum Gasteiger partial charge on any atom is 0 e. The summed E-state index contributed by atoms with van der Waals surface area (Å²) in [5.41, 5.74) is 0. The fourth-order valence-electron chi connectivity index (χ4n) is 0. The fraction of sp³-hybridized carbons (Fsp3) is 0. The van der Waals surface area contributed by atoms with Crippen molar-refractivity contribution in [1.82, 2.24) is 6.15 Å². The summed E-state index contributed by atoms with van der Waals surface area (Å²) in [6.07, 6.45) is 0. The molecule has 0 fully saturated rings. The molecule has 0 aromatic rings. The molecule has 0 spiro atoms. The summed E-state index contributed by atoms with van der Waals surface area (Å²) in [6, 6.07) is 0. The molecule has 0 aliphatic rings. The molecule has 7 heavy (non-hydrogen) atoms. The van der Waals surface area contributed by atoms with Crippen molar-refractivity contribution in [2.45, 2.75) is 0 Å². The second-order valence-electron chi connectivity index (χ2n) is 0.513. The summed E-state index contributed by atoms with van der Waals surface area (Å²) in [6.45, 7) is 0. The van der Waals surface area contributed by atoms with Crippen molar-refractivity contribution in [3.05, 3.63) is 0 Å². The maximum absolute atomic E-state index is 8.94. The van der Waals surface area contributed by atoms with Gasteiger partial charge in [0.05, 0.1) is 0 Å². The molecule has 0 atom stereocenters. The number of rotatable bonds is 0. The second-order valence-corrected chi connectivity index (χ2v) is 2.67. The van der Waals surface area contributed by atoms with E-state index >= 15 is 0 Å². The van der Waals surface area contributed by atoms with Crippen molar-refractivity contribution in [2.75, 3.05) is 0 Å². The first-order valence-electron chi connectivity index (χ1n) is 0.783. The molecular formula is H6AsNO4Zn. The van der Waals surface area contributed by atoms with E-state index in [-0.39, 0.29) is 25.6 Å². The molecule has 0 amide bonds. The van der Waals surface area contributed by atoms with E-state index in [0.717, 1.165) is 0 Å². The van der Waals surface area contributed by atoms with Crippen LogP contribution in [0.15, 0.2) is 0 Å². The average Bonchev–Trinajstić information content (AvgIpc) is 0.722. The van der Waals surface area contributed by atoms with Crippen LogP contribution in [-0.4, -0.2) is 26.8 Å². The Kier molecular flexibility index (Phi) is 11.1. The SMILES string of the molecule is N.O=[As](O)(O)O.[Zn]. The van der Waals surface area contributed by atoms with Crippen molar-refractivity contribution in [3.8, 4) is 0 Å². The molecule has 0 radical (unpaired) electrons. The largest absolute Gasteiger partial charge is 0 e. The van der Waals surface area contributed by atoms with E-state index in [1.165, 1.54) is 0 Å². The Hall–Kier alpha value is 0.822. The van der Waals surface area contributed by atoms with Gasteiger partial charge >= 0.3 is 30.5 Å². The van der Waals surface area contributed by atoms with Gasteiger partial charge in [0.1, 0.15) is 0 Å². The summed E-state index contributed by atoms with van der Waals surface area (Å²) < 4.78 is 30.7. The smallest absolute Gasteiger partial charge is 0 e. The maximum Gasteiger partial charge on any atom is 0 e. The molecule has 0 aromatic carbocycles. The third-order valence-electron chi connectivity index (χ3n) is 0. The van der Waals surface area contributed by atoms with E-state index in [1.807, 2.05) is 0 Å². The molecule has 0 bridgehead atoms. The van der Waals surface area contributed by atoms with Gasteiger partial charge in [-0.05, 0) is 0 Å². The molecule has 0 heterocycles. The van der Waals surface area contributed by atoms with Gasteiger partial charge in [-0.15, -0.1) is 0 Å². The summed E-state index contributed by atoms with van der Waals surface area (Å²) in [5.74, 6) is 0. The van der Waals surface area contributed by atoms with Crippen LogP contribution in [0, 0.1) is 0 Å². The molecular weight excluding hydrogens is 218 g/mol. The average molecular weight is 224 g/mol. The summed E-state index contributed by atoms with van der Waals surface area (Å²) in [5, 5.41) is 0. The first kappa shape index (κ1) is 15.7. The van der Waals surface area contributed by atoms with Crippen molar-refractivity contribution in [3.63, 3.8) is 0 Å². The van der Waals surface area contributed by atoms with E-state index in [4.69, 9.17) is 16.0 Å². The van der Waals surface area contributed by atoms with E-state index < -0.39 is 14.5 Å². The van der Waals surface area contributed by atoms with Gasteiger partial charge in [0.2, 0.25) is 0 Å². The van der Waals surface area contributed by atoms with Crippen LogP contribution in [-0.2, 0) is 23.2 Å². The Bertz CT molecular complexity index is 57.8. The minimum absolute atomic E-state index is 0. The zero-order valence-electron chi connectivity index (χ0n) is 3.61. The Morgan fingerprint density at radius 1 is 1.14 bits per heavy atom. The standard InChI is InChI=1S/AsH3O4.H3N.Zn/c2-1(3,4)5;;/h(H3,2,3,4,5);1H3;. The van der Waals surface area contributed by atoms with Crippen LogP contribution in [0.2, 0.25) is 0 Å². The molecule has 0 saturated heterocycles. The van der Waals surface area contributed by atoms with Gasteiger partial charge in [-0.25, -0.2) is 0 Å². The molecule has 0 saturated carbocycles. The minimum atomic E-state index is -5.12. The number of hydrogen-bond donors (Lipinski definition) is 4. The van der Waals surface area contributed by atoms with Gasteiger partial charge in [-0.1, -0.05) is 0 Å². The van der Waals surface area contributed by atoms with Gasteiger partial charge in [0.15, 0.2) is 0 Å². The molecule has 42 valence electrons. The van der Waals surface area contributed by atoms with Crippen molar-refractivity contribution in [2.24, 2.45) is 0 Å². The van der Waals surface area contributed by atoms with Crippen LogP contribution >= 0.6 is 0 Å². The fourth-order valence-corrected chi connectivity index (χ4v) is 0. The van der Waals surface area contributed by atoms with Crippen LogP contribution in [0.3, 0.4) is 0 Å². The molecule has 7 heteroatoms. The van der Waals surface area contributed by atoms with E-state index in [1.54, 1.807) is 0 Å². The molecule has 5 nitrogen and oxygen atoms in total. The quantitative estimate of drug-likeness (QED) is 0.355. The third kappa shape index (κ3) is 235. The number of hydrogen-bond acceptors (Lipinski definition) is 2. The van der Waals surface area contributed by atoms with Crippen LogP contribution in [0.1, 0.15) is 0 Å². The van der Waals surface area contributed by atoms with Crippen molar-refractivity contribution >= 4 is 14.5 Å². The van der Waals surface area contributed by atoms with Crippen molar-refractivity contribution < 1.29 is 35.5 Å². The van der Waals surface area contributed by atoms with E-state index in [9.17, 15) is 0 Å². The third-order valence-corrected chi connectivity index (χ3v) is 0. The first-order valence-corrected chi connectivity index (χ1v) is 4.07. The van der Waals surface area contributed by atoms with Gasteiger partial charge in [0, 0.05) is 19.5 Å². The molecule has 0 aliphatic heterocycles. The zero-order chi connectivity index (χ0) is 4.50.